The minimum absolute atomic E-state index is 0.0320. The maximum Gasteiger partial charge on any atom is 0.335 e. The molecule has 270 valence electrons. The molecular formula is C43H65N3O3. The van der Waals surface area contributed by atoms with Gasteiger partial charge >= 0.3 is 5.97 Å². The number of aromatic carboxylic acids is 1. The fourth-order valence-corrected chi connectivity index (χ4v) is 13.8. The van der Waals surface area contributed by atoms with Crippen LogP contribution >= 0.6 is 0 Å². The van der Waals surface area contributed by atoms with Gasteiger partial charge in [0, 0.05) is 39.3 Å². The standard InChI is InChI=1S/C43H65N3O3/c1-29(2)32-14-19-43(28-49-45-24-27-46-25-22-44-23-26-46)21-20-41(6)34(37(32)43)12-13-36-40(5)17-15-33(30-8-10-31(11-9-30)38(47)48)39(3,4)35(40)16-18-42(36,41)7/h8-11,15,32,34-37,44-45H,1,12-14,16-28H2,2-7H3,(H,47,48)/t32-,34?,35?,36?,37?,40-,41+,42+,43+/m0/s1. The molecule has 4 saturated carbocycles. The summed E-state index contributed by atoms with van der Waals surface area (Å²) in [4.78, 5) is 20.5. The smallest absolute Gasteiger partial charge is 0.335 e. The number of carbonyl (C=O) groups is 1. The van der Waals surface area contributed by atoms with Crippen LogP contribution in [-0.2, 0) is 4.84 Å². The lowest BCUT2D eigenvalue weighted by atomic mass is 9.32. The second-order valence-corrected chi connectivity index (χ2v) is 18.7. The van der Waals surface area contributed by atoms with Gasteiger partial charge in [0.1, 0.15) is 0 Å². The lowest BCUT2D eigenvalue weighted by molar-refractivity contribution is -0.231. The van der Waals surface area contributed by atoms with Crippen molar-refractivity contribution in [2.75, 3.05) is 45.9 Å². The van der Waals surface area contributed by atoms with E-state index in [0.717, 1.165) is 52.3 Å². The average molecular weight is 672 g/mol. The number of nitrogens with zero attached hydrogens (tertiary/aromatic N) is 1. The van der Waals surface area contributed by atoms with Crippen LogP contribution in [0.5, 0.6) is 0 Å². The van der Waals surface area contributed by atoms with E-state index in [0.29, 0.717) is 46.0 Å². The van der Waals surface area contributed by atoms with Gasteiger partial charge in [0.2, 0.25) is 0 Å². The van der Waals surface area contributed by atoms with Gasteiger partial charge < -0.3 is 15.3 Å². The van der Waals surface area contributed by atoms with Gasteiger partial charge in [-0.05, 0) is 145 Å². The summed E-state index contributed by atoms with van der Waals surface area (Å²) in [5.41, 5.74) is 8.94. The Morgan fingerprint density at radius 3 is 2.39 bits per heavy atom. The number of benzene rings is 1. The second kappa shape index (κ2) is 12.9. The Morgan fingerprint density at radius 1 is 0.959 bits per heavy atom. The summed E-state index contributed by atoms with van der Waals surface area (Å²) in [6.45, 7) is 27.2. The summed E-state index contributed by atoms with van der Waals surface area (Å²) in [6, 6.07) is 7.64. The van der Waals surface area contributed by atoms with Crippen LogP contribution in [-0.4, -0.2) is 61.9 Å². The third kappa shape index (κ3) is 5.61. The summed E-state index contributed by atoms with van der Waals surface area (Å²) in [6.07, 6.45) is 14.0. The Hall–Kier alpha value is -1.99. The fraction of sp³-hybridized carbons (Fsp3) is 0.744. The molecule has 0 spiro atoms. The van der Waals surface area contributed by atoms with Crippen molar-refractivity contribution in [3.05, 3.63) is 53.6 Å². The van der Waals surface area contributed by atoms with Gasteiger partial charge in [-0.15, -0.1) is 0 Å². The monoisotopic (exact) mass is 672 g/mol. The third-order valence-electron chi connectivity index (χ3n) is 16.5. The molecule has 49 heavy (non-hydrogen) atoms. The zero-order valence-electron chi connectivity index (χ0n) is 31.5. The van der Waals surface area contributed by atoms with Gasteiger partial charge in [-0.2, -0.15) is 0 Å². The van der Waals surface area contributed by atoms with Crippen molar-refractivity contribution < 1.29 is 14.7 Å². The van der Waals surface area contributed by atoms with Crippen molar-refractivity contribution in [2.45, 2.75) is 99.3 Å². The predicted octanol–water partition coefficient (Wildman–Crippen LogP) is 8.46. The SMILES string of the molecule is C=C(C)[C@@H]1CC[C@]2(CONCCN3CCNCC3)CC[C@]3(C)C(CCC4[C@@]5(C)CC=C(c6ccc(C(=O)O)cc6)C(C)(C)C5CC[C@]43C)C12. The van der Waals surface area contributed by atoms with E-state index in [9.17, 15) is 9.90 Å². The van der Waals surface area contributed by atoms with E-state index in [1.807, 2.05) is 12.1 Å². The van der Waals surface area contributed by atoms with Gasteiger partial charge in [0.25, 0.3) is 0 Å². The first kappa shape index (κ1) is 35.4. The molecule has 6 heteroatoms. The normalized spacial score (nSPS) is 41.5. The number of nitrogens with one attached hydrogen (secondary N) is 2. The van der Waals surface area contributed by atoms with Crippen molar-refractivity contribution in [3.8, 4) is 0 Å². The van der Waals surface area contributed by atoms with E-state index in [2.05, 4.69) is 69.9 Å². The first-order chi connectivity index (χ1) is 23.3. The minimum atomic E-state index is -0.857. The number of rotatable bonds is 9. The van der Waals surface area contributed by atoms with E-state index >= 15 is 0 Å². The number of piperazine rings is 1. The van der Waals surface area contributed by atoms with E-state index in [1.165, 1.54) is 68.1 Å². The summed E-state index contributed by atoms with van der Waals surface area (Å²) in [5.74, 6) is 2.43. The molecule has 7 rings (SSSR count). The van der Waals surface area contributed by atoms with Crippen LogP contribution in [0, 0.1) is 56.7 Å². The summed E-state index contributed by atoms with van der Waals surface area (Å²) >= 11 is 0. The topological polar surface area (TPSA) is 73.8 Å². The number of fused-ring (bicyclic) bond motifs is 7. The number of hydroxylamine groups is 1. The molecule has 3 N–H and O–H groups in total. The number of hydrogen-bond acceptors (Lipinski definition) is 5. The van der Waals surface area contributed by atoms with Crippen LogP contribution in [0.1, 0.15) is 115 Å². The molecule has 4 unspecified atom stereocenters. The molecule has 0 aromatic heterocycles. The highest BCUT2D eigenvalue weighted by molar-refractivity contribution is 5.88. The van der Waals surface area contributed by atoms with E-state index in [-0.39, 0.29) is 16.2 Å². The summed E-state index contributed by atoms with van der Waals surface area (Å²) < 4.78 is 0. The summed E-state index contributed by atoms with van der Waals surface area (Å²) in [7, 11) is 0. The first-order valence-electron chi connectivity index (χ1n) is 19.7. The minimum Gasteiger partial charge on any atom is -0.478 e. The van der Waals surface area contributed by atoms with Gasteiger partial charge in [-0.25, -0.2) is 10.3 Å². The molecule has 9 atom stereocenters. The van der Waals surface area contributed by atoms with Gasteiger partial charge in [-0.3, -0.25) is 4.90 Å². The van der Waals surface area contributed by atoms with Gasteiger partial charge in [-0.1, -0.05) is 65.0 Å². The molecule has 5 aliphatic carbocycles. The summed E-state index contributed by atoms with van der Waals surface area (Å²) in [5, 5.41) is 12.9. The Morgan fingerprint density at radius 2 is 1.69 bits per heavy atom. The zero-order chi connectivity index (χ0) is 34.8. The van der Waals surface area contributed by atoms with Crippen molar-refractivity contribution in [2.24, 2.45) is 56.7 Å². The number of carboxylic acids is 1. The molecule has 5 fully saturated rings. The van der Waals surface area contributed by atoms with Crippen LogP contribution < -0.4 is 10.8 Å². The molecule has 1 saturated heterocycles. The molecule has 6 nitrogen and oxygen atoms in total. The first-order valence-corrected chi connectivity index (χ1v) is 19.7. The molecule has 0 radical (unpaired) electrons. The molecular weight excluding hydrogens is 606 g/mol. The third-order valence-corrected chi connectivity index (χ3v) is 16.5. The van der Waals surface area contributed by atoms with Gasteiger partial charge in [0.05, 0.1) is 12.2 Å². The highest BCUT2D eigenvalue weighted by atomic mass is 16.6. The maximum absolute atomic E-state index is 11.6. The highest BCUT2D eigenvalue weighted by Crippen LogP contribution is 2.77. The number of hydrogen-bond donors (Lipinski definition) is 3. The number of carboxylic acid groups (broad SMARTS) is 1. The molecule has 1 aromatic rings. The van der Waals surface area contributed by atoms with E-state index < -0.39 is 5.97 Å². The van der Waals surface area contributed by atoms with E-state index in [1.54, 1.807) is 12.1 Å². The number of allylic oxidation sites excluding steroid dienone is 3. The predicted molar refractivity (Wildman–Crippen MR) is 199 cm³/mol. The fourth-order valence-electron chi connectivity index (χ4n) is 13.8. The largest absolute Gasteiger partial charge is 0.478 e. The zero-order valence-corrected chi connectivity index (χ0v) is 31.5. The second-order valence-electron chi connectivity index (χ2n) is 18.7. The van der Waals surface area contributed by atoms with Crippen LogP contribution in [0.3, 0.4) is 0 Å². The van der Waals surface area contributed by atoms with Crippen LogP contribution in [0.25, 0.3) is 5.57 Å². The highest BCUT2D eigenvalue weighted by Gasteiger charge is 2.70. The maximum atomic E-state index is 11.6. The van der Waals surface area contributed by atoms with Crippen molar-refractivity contribution in [1.29, 1.82) is 0 Å². The van der Waals surface area contributed by atoms with Crippen molar-refractivity contribution in [1.82, 2.24) is 15.7 Å². The van der Waals surface area contributed by atoms with E-state index in [4.69, 9.17) is 4.84 Å². The molecule has 6 aliphatic rings. The Kier molecular flexibility index (Phi) is 9.32. The lowest BCUT2D eigenvalue weighted by Gasteiger charge is -2.72. The molecule has 1 aliphatic heterocycles. The van der Waals surface area contributed by atoms with Crippen LogP contribution in [0.4, 0.5) is 0 Å². The quantitative estimate of drug-likeness (QED) is 0.139. The molecule has 1 aromatic carbocycles. The van der Waals surface area contributed by atoms with Crippen molar-refractivity contribution in [3.63, 3.8) is 0 Å². The Labute approximate surface area is 296 Å². The van der Waals surface area contributed by atoms with Crippen molar-refractivity contribution >= 4 is 11.5 Å². The molecule has 0 amide bonds. The van der Waals surface area contributed by atoms with Crippen LogP contribution in [0.2, 0.25) is 0 Å². The Bertz CT molecular complexity index is 1450. The van der Waals surface area contributed by atoms with Crippen LogP contribution in [0.15, 0.2) is 42.5 Å². The van der Waals surface area contributed by atoms with Gasteiger partial charge in [0.15, 0.2) is 0 Å². The average Bonchev–Trinajstić information content (AvgIpc) is 3.45. The molecule has 0 bridgehead atoms. The Balaban J connectivity index is 1.12. The molecule has 1 heterocycles. The lowest BCUT2D eigenvalue weighted by Crippen LogP contribution is -2.65.